The predicted molar refractivity (Wildman–Crippen MR) is 73.3 cm³/mol. The van der Waals surface area contributed by atoms with Crippen molar-refractivity contribution in [2.75, 3.05) is 0 Å². The van der Waals surface area contributed by atoms with Crippen LogP contribution in [-0.4, -0.2) is 23.0 Å². The van der Waals surface area contributed by atoms with E-state index in [0.29, 0.717) is 12.2 Å². The van der Waals surface area contributed by atoms with Crippen molar-refractivity contribution in [2.45, 2.75) is 19.4 Å². The minimum absolute atomic E-state index is 0.101. The van der Waals surface area contributed by atoms with E-state index in [9.17, 15) is 9.59 Å². The Hall–Kier alpha value is -2.56. The van der Waals surface area contributed by atoms with Crippen molar-refractivity contribution in [1.29, 1.82) is 0 Å². The topological polar surface area (TPSA) is 79.5 Å². The maximum absolute atomic E-state index is 11.9. The number of carboxylic acid groups (broad SMARTS) is 1. The Morgan fingerprint density at radius 2 is 1.90 bits per heavy atom. The molecule has 0 bridgehead atoms. The van der Waals surface area contributed by atoms with Crippen molar-refractivity contribution in [2.24, 2.45) is 0 Å². The van der Waals surface area contributed by atoms with Gasteiger partial charge in [0.15, 0.2) is 5.76 Å². The van der Waals surface area contributed by atoms with Crippen LogP contribution in [0.15, 0.2) is 46.9 Å². The monoisotopic (exact) mass is 273 g/mol. The van der Waals surface area contributed by atoms with E-state index in [1.165, 1.54) is 6.07 Å². The minimum atomic E-state index is -1.06. The van der Waals surface area contributed by atoms with Gasteiger partial charge in [0, 0.05) is 5.56 Å². The lowest BCUT2D eigenvalue weighted by Gasteiger charge is -2.10. The van der Waals surface area contributed by atoms with Gasteiger partial charge in [-0.15, -0.1) is 0 Å². The van der Waals surface area contributed by atoms with E-state index < -0.39 is 17.9 Å². The molecule has 5 nitrogen and oxygen atoms in total. The molecule has 0 fully saturated rings. The minimum Gasteiger partial charge on any atom is -0.480 e. The molecule has 1 amide bonds. The third-order valence-corrected chi connectivity index (χ3v) is 2.90. The van der Waals surface area contributed by atoms with Gasteiger partial charge in [-0.05, 0) is 18.6 Å². The Morgan fingerprint density at radius 3 is 2.50 bits per heavy atom. The van der Waals surface area contributed by atoms with Crippen LogP contribution in [0.4, 0.5) is 0 Å². The van der Waals surface area contributed by atoms with Gasteiger partial charge >= 0.3 is 5.97 Å². The third-order valence-electron chi connectivity index (χ3n) is 2.90. The first-order chi connectivity index (χ1) is 9.61. The molecule has 2 N–H and O–H groups in total. The summed E-state index contributed by atoms with van der Waals surface area (Å²) >= 11 is 0. The molecule has 1 aromatic carbocycles. The summed E-state index contributed by atoms with van der Waals surface area (Å²) in [4.78, 5) is 22.8. The smallest absolute Gasteiger partial charge is 0.326 e. The summed E-state index contributed by atoms with van der Waals surface area (Å²) in [6, 6.07) is 11.7. The number of hydrogen-bond acceptors (Lipinski definition) is 3. The molecule has 1 aromatic heterocycles. The van der Waals surface area contributed by atoms with E-state index in [0.717, 1.165) is 5.56 Å². The molecule has 0 aliphatic rings. The Kier molecular flexibility index (Phi) is 4.20. The fourth-order valence-corrected chi connectivity index (χ4v) is 1.79. The van der Waals surface area contributed by atoms with E-state index in [4.69, 9.17) is 9.52 Å². The largest absolute Gasteiger partial charge is 0.480 e. The number of nitrogens with one attached hydrogen (secondary N) is 1. The van der Waals surface area contributed by atoms with Crippen LogP contribution in [0.25, 0.3) is 11.3 Å². The van der Waals surface area contributed by atoms with Crippen LogP contribution in [0.1, 0.15) is 23.9 Å². The lowest BCUT2D eigenvalue weighted by Crippen LogP contribution is -2.40. The summed E-state index contributed by atoms with van der Waals surface area (Å²) in [7, 11) is 0. The lowest BCUT2D eigenvalue weighted by atomic mass is 10.2. The first kappa shape index (κ1) is 13.9. The van der Waals surface area contributed by atoms with Crippen LogP contribution < -0.4 is 5.32 Å². The number of rotatable bonds is 5. The van der Waals surface area contributed by atoms with Crippen LogP contribution in [0.3, 0.4) is 0 Å². The lowest BCUT2D eigenvalue weighted by molar-refractivity contribution is -0.139. The number of benzene rings is 1. The molecule has 0 unspecified atom stereocenters. The summed E-state index contributed by atoms with van der Waals surface area (Å²) in [5.41, 5.74) is 0.858. The Labute approximate surface area is 116 Å². The van der Waals surface area contributed by atoms with E-state index >= 15 is 0 Å². The summed E-state index contributed by atoms with van der Waals surface area (Å²) in [5, 5.41) is 11.3. The van der Waals surface area contributed by atoms with Gasteiger partial charge < -0.3 is 14.8 Å². The van der Waals surface area contributed by atoms with Gasteiger partial charge in [0.05, 0.1) is 0 Å². The molecule has 2 aromatic rings. The van der Waals surface area contributed by atoms with Gasteiger partial charge in [0.25, 0.3) is 5.91 Å². The van der Waals surface area contributed by atoms with Gasteiger partial charge in [-0.25, -0.2) is 4.79 Å². The second-order valence-electron chi connectivity index (χ2n) is 4.30. The summed E-state index contributed by atoms with van der Waals surface area (Å²) in [5.74, 6) is -0.917. The standard InChI is InChI=1S/C15H15NO4/c1-2-11(15(18)19)16-14(17)13-9-8-12(20-13)10-6-4-3-5-7-10/h3-9,11H,2H2,1H3,(H,16,17)(H,18,19)/t11-/m0/s1. The highest BCUT2D eigenvalue weighted by Gasteiger charge is 2.20. The van der Waals surface area contributed by atoms with E-state index in [1.54, 1.807) is 13.0 Å². The molecule has 0 radical (unpaired) electrons. The molecule has 1 atom stereocenters. The predicted octanol–water partition coefficient (Wildman–Crippen LogP) is 2.54. The fraction of sp³-hybridized carbons (Fsp3) is 0.200. The Bertz CT molecular complexity index is 603. The SMILES string of the molecule is CC[C@H](NC(=O)c1ccc(-c2ccccc2)o1)C(=O)O. The summed E-state index contributed by atoms with van der Waals surface area (Å²) < 4.78 is 5.45. The van der Waals surface area contributed by atoms with Crippen molar-refractivity contribution in [1.82, 2.24) is 5.32 Å². The maximum Gasteiger partial charge on any atom is 0.326 e. The number of hydrogen-bond donors (Lipinski definition) is 2. The first-order valence-corrected chi connectivity index (χ1v) is 6.30. The van der Waals surface area contributed by atoms with Crippen LogP contribution >= 0.6 is 0 Å². The molecular formula is C15H15NO4. The zero-order valence-corrected chi connectivity index (χ0v) is 11.0. The molecule has 0 saturated carbocycles. The van der Waals surface area contributed by atoms with Gasteiger partial charge in [0.2, 0.25) is 0 Å². The maximum atomic E-state index is 11.9. The van der Waals surface area contributed by atoms with Crippen molar-refractivity contribution in [3.63, 3.8) is 0 Å². The molecule has 104 valence electrons. The number of furan rings is 1. The van der Waals surface area contributed by atoms with Crippen LogP contribution in [0.5, 0.6) is 0 Å². The van der Waals surface area contributed by atoms with E-state index in [2.05, 4.69) is 5.32 Å². The van der Waals surface area contributed by atoms with Crippen molar-refractivity contribution in [3.8, 4) is 11.3 Å². The number of amides is 1. The Balaban J connectivity index is 2.13. The number of aliphatic carboxylic acids is 1. The van der Waals surface area contributed by atoms with Crippen molar-refractivity contribution >= 4 is 11.9 Å². The first-order valence-electron chi connectivity index (χ1n) is 6.30. The number of carboxylic acids is 1. The molecule has 1 heterocycles. The van der Waals surface area contributed by atoms with Crippen LogP contribution in [0.2, 0.25) is 0 Å². The molecule has 2 rings (SSSR count). The number of carbonyl (C=O) groups is 2. The Morgan fingerprint density at radius 1 is 1.20 bits per heavy atom. The molecule has 0 spiro atoms. The van der Waals surface area contributed by atoms with Crippen LogP contribution in [-0.2, 0) is 4.79 Å². The molecular weight excluding hydrogens is 258 g/mol. The highest BCUT2D eigenvalue weighted by molar-refractivity contribution is 5.94. The van der Waals surface area contributed by atoms with Gasteiger partial charge in [-0.2, -0.15) is 0 Å². The van der Waals surface area contributed by atoms with Gasteiger partial charge in [-0.3, -0.25) is 4.79 Å². The van der Waals surface area contributed by atoms with Crippen molar-refractivity contribution in [3.05, 3.63) is 48.2 Å². The summed E-state index contributed by atoms with van der Waals surface area (Å²) in [6.45, 7) is 1.69. The van der Waals surface area contributed by atoms with Crippen LogP contribution in [0, 0.1) is 0 Å². The third kappa shape index (κ3) is 3.06. The highest BCUT2D eigenvalue weighted by atomic mass is 16.4. The molecule has 5 heteroatoms. The second kappa shape index (κ2) is 6.06. The van der Waals surface area contributed by atoms with E-state index in [1.807, 2.05) is 30.3 Å². The average Bonchev–Trinajstić information content (AvgIpc) is 2.95. The van der Waals surface area contributed by atoms with E-state index in [-0.39, 0.29) is 5.76 Å². The second-order valence-corrected chi connectivity index (χ2v) is 4.30. The van der Waals surface area contributed by atoms with Crippen molar-refractivity contribution < 1.29 is 19.1 Å². The average molecular weight is 273 g/mol. The van der Waals surface area contributed by atoms with Gasteiger partial charge in [-0.1, -0.05) is 37.3 Å². The normalized spacial score (nSPS) is 11.8. The fourth-order valence-electron chi connectivity index (χ4n) is 1.79. The summed E-state index contributed by atoms with van der Waals surface area (Å²) in [6.07, 6.45) is 0.313. The highest BCUT2D eigenvalue weighted by Crippen LogP contribution is 2.21. The zero-order valence-electron chi connectivity index (χ0n) is 11.0. The number of carbonyl (C=O) groups excluding carboxylic acids is 1. The molecule has 0 aliphatic carbocycles. The molecule has 20 heavy (non-hydrogen) atoms. The quantitative estimate of drug-likeness (QED) is 0.877. The zero-order chi connectivity index (χ0) is 14.5. The molecule has 0 saturated heterocycles. The molecule has 0 aliphatic heterocycles. The van der Waals surface area contributed by atoms with Gasteiger partial charge in [0.1, 0.15) is 11.8 Å².